The van der Waals surface area contributed by atoms with Gasteiger partial charge in [-0.05, 0) is 132 Å². The van der Waals surface area contributed by atoms with Gasteiger partial charge in [-0.2, -0.15) is 0 Å². The van der Waals surface area contributed by atoms with Crippen molar-refractivity contribution in [3.8, 4) is 11.1 Å². The molecule has 3 heteroatoms. The lowest BCUT2D eigenvalue weighted by molar-refractivity contribution is 0.553. The van der Waals surface area contributed by atoms with Crippen LogP contribution in [0.5, 0.6) is 0 Å². The normalized spacial score (nSPS) is 12.5. The Balaban J connectivity index is 0.000000159. The van der Waals surface area contributed by atoms with Crippen molar-refractivity contribution in [3.05, 3.63) is 205 Å². The first-order valence-corrected chi connectivity index (χ1v) is 32.2. The van der Waals surface area contributed by atoms with Crippen molar-refractivity contribution < 1.29 is 0 Å². The van der Waals surface area contributed by atoms with Gasteiger partial charge in [0.15, 0.2) is 0 Å². The number of aromatic nitrogens is 3. The van der Waals surface area contributed by atoms with Crippen LogP contribution < -0.4 is 0 Å². The summed E-state index contributed by atoms with van der Waals surface area (Å²) in [6.07, 6.45) is 22.4. The number of benzene rings is 12. The Hall–Kier alpha value is -8.40. The number of nitrogens with one attached hydrogen (secondary N) is 1. The maximum absolute atomic E-state index is 3.75. The van der Waals surface area contributed by atoms with Crippen LogP contribution in [0.15, 0.2) is 194 Å². The van der Waals surface area contributed by atoms with Gasteiger partial charge in [0.25, 0.3) is 0 Å². The summed E-state index contributed by atoms with van der Waals surface area (Å²) in [7, 11) is 0. The lowest BCUT2D eigenvalue weighted by Crippen LogP contribution is -2.00. The average molecular weight is 1090 g/mol. The van der Waals surface area contributed by atoms with Crippen molar-refractivity contribution in [1.29, 1.82) is 0 Å². The van der Waals surface area contributed by atoms with Crippen molar-refractivity contribution in [2.75, 3.05) is 0 Å². The molecular weight excluding hydrogens is 1010 g/mol. The van der Waals surface area contributed by atoms with Crippen LogP contribution in [0.3, 0.4) is 0 Å². The molecule has 416 valence electrons. The molecule has 12 aromatic carbocycles. The minimum absolute atomic E-state index is 1.00. The Morgan fingerprint density at radius 2 is 0.679 bits per heavy atom. The van der Waals surface area contributed by atoms with Crippen LogP contribution in [0.25, 0.3) is 141 Å². The molecule has 0 unspecified atom stereocenters. The van der Waals surface area contributed by atoms with Crippen LogP contribution in [0.1, 0.15) is 128 Å². The molecular formula is C81H77N3. The quantitative estimate of drug-likeness (QED) is 0.0829. The summed E-state index contributed by atoms with van der Waals surface area (Å²) in [5.41, 5.74) is 13.7. The van der Waals surface area contributed by atoms with Gasteiger partial charge in [-0.15, -0.1) is 0 Å². The second-order valence-corrected chi connectivity index (χ2v) is 24.8. The first-order chi connectivity index (χ1) is 41.6. The van der Waals surface area contributed by atoms with E-state index < -0.39 is 0 Å². The van der Waals surface area contributed by atoms with Gasteiger partial charge in [0.05, 0.1) is 16.6 Å². The van der Waals surface area contributed by atoms with Gasteiger partial charge in [0, 0.05) is 78.1 Å². The Bertz CT molecular complexity index is 4810. The van der Waals surface area contributed by atoms with Crippen molar-refractivity contribution in [1.82, 2.24) is 14.1 Å². The van der Waals surface area contributed by atoms with Gasteiger partial charge in [-0.3, -0.25) is 0 Å². The molecule has 0 fully saturated rings. The summed E-state index contributed by atoms with van der Waals surface area (Å²) in [6, 6.07) is 73.4. The summed E-state index contributed by atoms with van der Waals surface area (Å²) >= 11 is 0. The minimum atomic E-state index is 1.00. The van der Waals surface area contributed by atoms with Crippen LogP contribution in [-0.2, 0) is 19.5 Å². The second-order valence-electron chi connectivity index (χ2n) is 24.8. The highest BCUT2D eigenvalue weighted by molar-refractivity contribution is 6.27. The van der Waals surface area contributed by atoms with Crippen LogP contribution >= 0.6 is 0 Å². The zero-order chi connectivity index (χ0) is 56.1. The monoisotopic (exact) mass is 1090 g/mol. The number of fused-ring (bicyclic) bond motifs is 22. The number of aromatic amines is 1. The molecule has 0 saturated carbocycles. The van der Waals surface area contributed by atoms with Crippen LogP contribution in [0.4, 0.5) is 0 Å². The third-order valence-corrected chi connectivity index (χ3v) is 19.4. The molecule has 0 atom stereocenters. The molecule has 0 aliphatic heterocycles. The van der Waals surface area contributed by atoms with E-state index in [1.165, 1.54) is 255 Å². The predicted molar refractivity (Wildman–Crippen MR) is 367 cm³/mol. The van der Waals surface area contributed by atoms with E-state index in [9.17, 15) is 0 Å². The van der Waals surface area contributed by atoms with Crippen molar-refractivity contribution in [3.63, 3.8) is 0 Å². The molecule has 0 saturated heterocycles. The van der Waals surface area contributed by atoms with E-state index in [1.54, 1.807) is 0 Å². The first-order valence-electron chi connectivity index (χ1n) is 32.2. The van der Waals surface area contributed by atoms with E-state index in [2.05, 4.69) is 222 Å². The topological polar surface area (TPSA) is 25.6 Å². The largest absolute Gasteiger partial charge is 0.354 e. The highest BCUT2D eigenvalue weighted by atomic mass is 15.0. The lowest BCUT2D eigenvalue weighted by atomic mass is 9.96. The minimum Gasteiger partial charge on any atom is -0.354 e. The molecule has 0 radical (unpaired) electrons. The fraction of sp³-hybridized carbons (Fsp3) is 0.259. The zero-order valence-electron chi connectivity index (χ0n) is 49.3. The first kappa shape index (κ1) is 52.4. The zero-order valence-corrected chi connectivity index (χ0v) is 49.3. The molecule has 16 rings (SSSR count). The predicted octanol–water partition coefficient (Wildman–Crippen LogP) is 24.0. The van der Waals surface area contributed by atoms with Crippen molar-refractivity contribution >= 4 is 130 Å². The van der Waals surface area contributed by atoms with Gasteiger partial charge in [0.1, 0.15) is 0 Å². The van der Waals surface area contributed by atoms with Gasteiger partial charge in [0.2, 0.25) is 0 Å². The number of rotatable bonds is 18. The Labute approximate surface area is 493 Å². The smallest absolute Gasteiger partial charge is 0.0571 e. The van der Waals surface area contributed by atoms with E-state index in [4.69, 9.17) is 0 Å². The van der Waals surface area contributed by atoms with Crippen LogP contribution in [-0.4, -0.2) is 14.1 Å². The fourth-order valence-corrected chi connectivity index (χ4v) is 15.1. The van der Waals surface area contributed by atoms with Crippen LogP contribution in [0.2, 0.25) is 0 Å². The highest BCUT2D eigenvalue weighted by Gasteiger charge is 2.24. The third kappa shape index (κ3) is 9.36. The third-order valence-electron chi connectivity index (χ3n) is 19.4. The van der Waals surface area contributed by atoms with Crippen LogP contribution in [0, 0.1) is 0 Å². The van der Waals surface area contributed by atoms with E-state index in [-0.39, 0.29) is 0 Å². The van der Waals surface area contributed by atoms with Gasteiger partial charge < -0.3 is 14.1 Å². The van der Waals surface area contributed by atoms with E-state index >= 15 is 0 Å². The molecule has 1 N–H and O–H groups in total. The molecule has 0 bridgehead atoms. The molecule has 3 aromatic heterocycles. The number of nitrogens with zero attached hydrogens (tertiary/aromatic N) is 2. The molecule has 0 spiro atoms. The van der Waals surface area contributed by atoms with E-state index in [1.807, 2.05) is 0 Å². The second kappa shape index (κ2) is 22.6. The van der Waals surface area contributed by atoms with Crippen molar-refractivity contribution in [2.24, 2.45) is 0 Å². The standard InChI is InChI=1S/C50H58N2.C31H19N/c1-3-5-7-9-11-13-15-21-31-51-47-35-39-25-19-17-23-37(39)33-45(47)43-29-28-42-41(49(43)51)27-30-44-46-34-38-24-18-20-26-40(38)36-48(46)52(50(42)44)32-22-16-14-12-10-8-6-4-2;1-2-6-19-14-27-22(13-18(19)5-1)16-28-23-9-12-26-29-15-20-7-3-4-8-21(20)17-30(29)32-31(26)25(23)11-10-24(27)28/h17-20,23-30,33-36H,3-16,21-22,31-32H2,1-2H3;1-15,17,32H,16H2. The fourth-order valence-electron chi connectivity index (χ4n) is 15.1. The summed E-state index contributed by atoms with van der Waals surface area (Å²) in [5.74, 6) is 0. The highest BCUT2D eigenvalue weighted by Crippen LogP contribution is 2.46. The number of hydrogen-bond donors (Lipinski definition) is 1. The summed E-state index contributed by atoms with van der Waals surface area (Å²) in [5, 5.41) is 24.2. The average Bonchev–Trinajstić information content (AvgIpc) is 1.93. The summed E-state index contributed by atoms with van der Waals surface area (Å²) in [4.78, 5) is 3.75. The summed E-state index contributed by atoms with van der Waals surface area (Å²) in [6.45, 7) is 6.75. The number of H-pyrrole nitrogens is 1. The van der Waals surface area contributed by atoms with Gasteiger partial charge in [-0.1, -0.05) is 255 Å². The molecule has 3 heterocycles. The van der Waals surface area contributed by atoms with Gasteiger partial charge >= 0.3 is 0 Å². The maximum atomic E-state index is 3.75. The Morgan fingerprint density at radius 3 is 1.18 bits per heavy atom. The lowest BCUT2D eigenvalue weighted by Gasteiger charge is -2.13. The number of aryl methyl sites for hydroxylation is 2. The molecule has 84 heavy (non-hydrogen) atoms. The molecule has 3 nitrogen and oxygen atoms in total. The SMILES string of the molecule is CCCCCCCCCCn1c2cc3ccccc3cc2c2ccc3c(ccc4c5cc6ccccc6cc5n(CCCCCCCCCC)c43)c21.c1ccc2cc3c(cc2c1)Cc1c-3ccc2c1ccc1c3cc4ccccc4cc3[nH]c21. The molecule has 1 aliphatic carbocycles. The maximum Gasteiger partial charge on any atom is 0.0571 e. The molecule has 1 aliphatic rings. The molecule has 0 amide bonds. The summed E-state index contributed by atoms with van der Waals surface area (Å²) < 4.78 is 5.39. The Morgan fingerprint density at radius 1 is 0.310 bits per heavy atom. The van der Waals surface area contributed by atoms with Gasteiger partial charge in [-0.25, -0.2) is 0 Å². The van der Waals surface area contributed by atoms with Crippen molar-refractivity contribution in [2.45, 2.75) is 136 Å². The van der Waals surface area contributed by atoms with E-state index in [0.717, 1.165) is 19.5 Å². The molecule has 15 aromatic rings. The van der Waals surface area contributed by atoms with E-state index in [0.29, 0.717) is 0 Å². The Kier molecular flexibility index (Phi) is 14.1. The number of unbranched alkanes of at least 4 members (excludes halogenated alkanes) is 14. The number of hydrogen-bond acceptors (Lipinski definition) is 0.